The zero-order chi connectivity index (χ0) is 10.6. The molecule has 0 aliphatic carbocycles. The van der Waals surface area contributed by atoms with Crippen molar-refractivity contribution in [3.63, 3.8) is 0 Å². The van der Waals surface area contributed by atoms with Gasteiger partial charge in [0.15, 0.2) is 0 Å². The highest BCUT2D eigenvalue weighted by atomic mass is 79.9. The molecule has 3 heteroatoms. The number of nitrogens with one attached hydrogen (secondary N) is 1. The molecule has 0 radical (unpaired) electrons. The van der Waals surface area contributed by atoms with E-state index in [1.165, 1.54) is 6.92 Å². The number of carbonyl (C=O) groups excluding carboxylic acids is 1. The molecule has 1 aromatic rings. The fourth-order valence-electron chi connectivity index (χ4n) is 1.38. The Morgan fingerprint density at radius 1 is 1.43 bits per heavy atom. The summed E-state index contributed by atoms with van der Waals surface area (Å²) in [6.07, 6.45) is 0. The molecule has 0 heterocycles. The Morgan fingerprint density at radius 3 is 2.43 bits per heavy atom. The summed E-state index contributed by atoms with van der Waals surface area (Å²) in [7, 11) is 0. The Kier molecular flexibility index (Phi) is 3.69. The van der Waals surface area contributed by atoms with E-state index in [9.17, 15) is 4.79 Å². The molecule has 0 spiro atoms. The first-order valence-electron chi connectivity index (χ1n) is 4.49. The van der Waals surface area contributed by atoms with Gasteiger partial charge in [-0.1, -0.05) is 46.3 Å². The van der Waals surface area contributed by atoms with E-state index < -0.39 is 0 Å². The van der Waals surface area contributed by atoms with Crippen LogP contribution in [0.4, 0.5) is 0 Å². The Hall–Kier alpha value is -0.830. The SMILES string of the molecule is CC(=O)NC(C)(CBr)c1ccccc1. The second kappa shape index (κ2) is 4.60. The number of halogens is 1. The summed E-state index contributed by atoms with van der Waals surface area (Å²) in [4.78, 5) is 11.1. The van der Waals surface area contributed by atoms with Crippen molar-refractivity contribution >= 4 is 21.8 Å². The molecule has 14 heavy (non-hydrogen) atoms. The van der Waals surface area contributed by atoms with Gasteiger partial charge in [-0.15, -0.1) is 0 Å². The van der Waals surface area contributed by atoms with Crippen molar-refractivity contribution in [1.82, 2.24) is 5.32 Å². The van der Waals surface area contributed by atoms with Gasteiger partial charge in [-0.25, -0.2) is 0 Å². The number of carbonyl (C=O) groups is 1. The fraction of sp³-hybridized carbons (Fsp3) is 0.364. The molecule has 1 N–H and O–H groups in total. The van der Waals surface area contributed by atoms with E-state index in [1.54, 1.807) is 0 Å². The Bertz CT molecular complexity index is 312. The largest absolute Gasteiger partial charge is 0.346 e. The summed E-state index contributed by atoms with van der Waals surface area (Å²) in [5, 5.41) is 3.63. The van der Waals surface area contributed by atoms with Crippen LogP contribution in [0.2, 0.25) is 0 Å². The van der Waals surface area contributed by atoms with E-state index >= 15 is 0 Å². The van der Waals surface area contributed by atoms with Crippen molar-refractivity contribution in [1.29, 1.82) is 0 Å². The molecule has 0 fully saturated rings. The lowest BCUT2D eigenvalue weighted by Gasteiger charge is -2.28. The maximum Gasteiger partial charge on any atom is 0.217 e. The number of benzene rings is 1. The van der Waals surface area contributed by atoms with Crippen molar-refractivity contribution in [3.05, 3.63) is 35.9 Å². The number of rotatable bonds is 3. The van der Waals surface area contributed by atoms with Crippen LogP contribution in [-0.2, 0) is 10.3 Å². The molecule has 1 rings (SSSR count). The van der Waals surface area contributed by atoms with Gasteiger partial charge in [-0.05, 0) is 12.5 Å². The van der Waals surface area contributed by atoms with Gasteiger partial charge in [0, 0.05) is 12.3 Å². The third-order valence-electron chi connectivity index (χ3n) is 2.13. The molecule has 1 unspecified atom stereocenters. The van der Waals surface area contributed by atoms with Crippen LogP contribution in [0.3, 0.4) is 0 Å². The minimum absolute atomic E-state index is 0.0178. The van der Waals surface area contributed by atoms with Crippen LogP contribution in [-0.4, -0.2) is 11.2 Å². The van der Waals surface area contributed by atoms with Gasteiger partial charge >= 0.3 is 0 Å². The van der Waals surface area contributed by atoms with Gasteiger partial charge < -0.3 is 5.32 Å². The average molecular weight is 256 g/mol. The summed E-state index contributed by atoms with van der Waals surface area (Å²) >= 11 is 3.42. The zero-order valence-corrected chi connectivity index (χ0v) is 9.97. The molecule has 0 aliphatic heterocycles. The van der Waals surface area contributed by atoms with Gasteiger partial charge in [0.05, 0.1) is 5.54 Å². The normalized spacial score (nSPS) is 14.5. The fourth-order valence-corrected chi connectivity index (χ4v) is 1.84. The van der Waals surface area contributed by atoms with Crippen molar-refractivity contribution < 1.29 is 4.79 Å². The maximum atomic E-state index is 11.1. The van der Waals surface area contributed by atoms with E-state index in [1.807, 2.05) is 37.3 Å². The smallest absolute Gasteiger partial charge is 0.217 e. The van der Waals surface area contributed by atoms with Crippen LogP contribution in [0.5, 0.6) is 0 Å². The van der Waals surface area contributed by atoms with Crippen LogP contribution < -0.4 is 5.32 Å². The van der Waals surface area contributed by atoms with Gasteiger partial charge in [0.2, 0.25) is 5.91 Å². The van der Waals surface area contributed by atoms with Crippen molar-refractivity contribution in [2.24, 2.45) is 0 Å². The quantitative estimate of drug-likeness (QED) is 0.827. The lowest BCUT2D eigenvalue weighted by molar-refractivity contribution is -0.120. The number of hydrogen-bond donors (Lipinski definition) is 1. The van der Waals surface area contributed by atoms with Crippen molar-refractivity contribution in [2.75, 3.05) is 5.33 Å². The van der Waals surface area contributed by atoms with E-state index in [4.69, 9.17) is 0 Å². The molecule has 1 aromatic carbocycles. The number of amides is 1. The summed E-state index contributed by atoms with van der Waals surface area (Å²) in [6, 6.07) is 9.93. The Labute approximate surface area is 92.8 Å². The highest BCUT2D eigenvalue weighted by molar-refractivity contribution is 9.09. The van der Waals surface area contributed by atoms with Crippen LogP contribution >= 0.6 is 15.9 Å². The lowest BCUT2D eigenvalue weighted by atomic mass is 9.94. The molecule has 0 saturated carbocycles. The molecule has 1 atom stereocenters. The topological polar surface area (TPSA) is 29.1 Å². The summed E-state index contributed by atoms with van der Waals surface area (Å²) in [6.45, 7) is 3.53. The molecule has 76 valence electrons. The summed E-state index contributed by atoms with van der Waals surface area (Å²) in [5.41, 5.74) is 0.777. The first-order chi connectivity index (χ1) is 6.58. The van der Waals surface area contributed by atoms with E-state index in [0.717, 1.165) is 5.56 Å². The average Bonchev–Trinajstić information content (AvgIpc) is 2.18. The summed E-state index contributed by atoms with van der Waals surface area (Å²) < 4.78 is 0. The molecule has 0 bridgehead atoms. The minimum Gasteiger partial charge on any atom is -0.346 e. The maximum absolute atomic E-state index is 11.1. The van der Waals surface area contributed by atoms with Gasteiger partial charge in [0.1, 0.15) is 0 Å². The predicted octanol–water partition coefficient (Wildman–Crippen LogP) is 2.43. The van der Waals surface area contributed by atoms with Crippen molar-refractivity contribution in [2.45, 2.75) is 19.4 Å². The minimum atomic E-state index is -0.326. The molecule has 1 amide bonds. The van der Waals surface area contributed by atoms with Crippen LogP contribution in [0.25, 0.3) is 0 Å². The standard InChI is InChI=1S/C11H14BrNO/c1-9(14)13-11(2,8-12)10-6-4-3-5-7-10/h3-7H,8H2,1-2H3,(H,13,14). The predicted molar refractivity (Wildman–Crippen MR) is 61.4 cm³/mol. The molecule has 2 nitrogen and oxygen atoms in total. The Morgan fingerprint density at radius 2 is 2.00 bits per heavy atom. The highest BCUT2D eigenvalue weighted by Crippen LogP contribution is 2.22. The zero-order valence-electron chi connectivity index (χ0n) is 8.38. The van der Waals surface area contributed by atoms with Gasteiger partial charge in [-0.2, -0.15) is 0 Å². The third-order valence-corrected chi connectivity index (χ3v) is 3.25. The first kappa shape index (κ1) is 11.2. The second-order valence-corrected chi connectivity index (χ2v) is 4.07. The summed E-state index contributed by atoms with van der Waals surface area (Å²) in [5.74, 6) is -0.0178. The van der Waals surface area contributed by atoms with E-state index in [2.05, 4.69) is 21.2 Å². The third kappa shape index (κ3) is 2.58. The highest BCUT2D eigenvalue weighted by Gasteiger charge is 2.25. The van der Waals surface area contributed by atoms with Crippen molar-refractivity contribution in [3.8, 4) is 0 Å². The molecular formula is C11H14BrNO. The first-order valence-corrected chi connectivity index (χ1v) is 5.61. The van der Waals surface area contributed by atoms with Gasteiger partial charge in [0.25, 0.3) is 0 Å². The second-order valence-electron chi connectivity index (χ2n) is 3.51. The van der Waals surface area contributed by atoms with E-state index in [-0.39, 0.29) is 11.4 Å². The monoisotopic (exact) mass is 255 g/mol. The van der Waals surface area contributed by atoms with E-state index in [0.29, 0.717) is 5.33 Å². The molecule has 0 saturated heterocycles. The number of alkyl halides is 1. The van der Waals surface area contributed by atoms with Crippen LogP contribution in [0.15, 0.2) is 30.3 Å². The van der Waals surface area contributed by atoms with Crippen LogP contribution in [0, 0.1) is 0 Å². The molecule has 0 aromatic heterocycles. The van der Waals surface area contributed by atoms with Gasteiger partial charge in [-0.3, -0.25) is 4.79 Å². The number of hydrogen-bond acceptors (Lipinski definition) is 1. The Balaban J connectivity index is 2.95. The molecule has 0 aliphatic rings. The van der Waals surface area contributed by atoms with Crippen LogP contribution in [0.1, 0.15) is 19.4 Å². The molecular weight excluding hydrogens is 242 g/mol. The lowest BCUT2D eigenvalue weighted by Crippen LogP contribution is -2.43.